The molecule has 3 heterocycles. The van der Waals surface area contributed by atoms with Crippen LogP contribution in [0.25, 0.3) is 0 Å². The van der Waals surface area contributed by atoms with Gasteiger partial charge in [-0.2, -0.15) is 4.98 Å². The summed E-state index contributed by atoms with van der Waals surface area (Å²) in [6, 6.07) is 11.3. The van der Waals surface area contributed by atoms with E-state index in [1.54, 1.807) is 25.3 Å². The number of aryl methyl sites for hydroxylation is 1. The summed E-state index contributed by atoms with van der Waals surface area (Å²) >= 11 is 6.39. The van der Waals surface area contributed by atoms with E-state index in [2.05, 4.69) is 60.1 Å². The van der Waals surface area contributed by atoms with Crippen LogP contribution in [0.15, 0.2) is 47.5 Å². The molecule has 5 rings (SSSR count). The van der Waals surface area contributed by atoms with Crippen LogP contribution in [-0.2, 0) is 10.0 Å². The molecule has 42 heavy (non-hydrogen) atoms. The van der Waals surface area contributed by atoms with Crippen LogP contribution in [-0.4, -0.2) is 94.7 Å². The number of methoxy groups -OCH3 is 1. The maximum absolute atomic E-state index is 12.5. The second-order valence-corrected chi connectivity index (χ2v) is 13.0. The Morgan fingerprint density at radius 3 is 2.40 bits per heavy atom. The summed E-state index contributed by atoms with van der Waals surface area (Å²) in [4.78, 5) is 16.5. The summed E-state index contributed by atoms with van der Waals surface area (Å²) in [6.07, 6.45) is 3.77. The van der Waals surface area contributed by atoms with Gasteiger partial charge in [0.15, 0.2) is 5.82 Å². The normalized spacial score (nSPS) is 17.3. The Labute approximate surface area is 253 Å². The molecule has 0 spiro atoms. The van der Waals surface area contributed by atoms with Crippen molar-refractivity contribution in [2.24, 2.45) is 0 Å². The van der Waals surface area contributed by atoms with Gasteiger partial charge in [-0.1, -0.05) is 23.7 Å². The first kappa shape index (κ1) is 30.3. The number of sulfonamides is 1. The number of nitrogens with zero attached hydrogens (tertiary/aromatic N) is 5. The number of likely N-dealkylation sites (N-methyl/N-ethyl adjacent to an activating group) is 1. The summed E-state index contributed by atoms with van der Waals surface area (Å²) in [7, 11) is 1.51. The molecular formula is C29H39ClN8O3S. The molecule has 11 nitrogen and oxygen atoms in total. The summed E-state index contributed by atoms with van der Waals surface area (Å²) in [5.41, 5.74) is 3.34. The van der Waals surface area contributed by atoms with Gasteiger partial charge in [-0.3, -0.25) is 4.90 Å². The van der Waals surface area contributed by atoms with E-state index in [9.17, 15) is 8.42 Å². The number of nitrogens with one attached hydrogen (secondary N) is 3. The average molecular weight is 615 g/mol. The Balaban J connectivity index is 1.31. The van der Waals surface area contributed by atoms with Gasteiger partial charge in [0.05, 0.1) is 24.7 Å². The van der Waals surface area contributed by atoms with Crippen LogP contribution in [0.5, 0.6) is 5.75 Å². The lowest BCUT2D eigenvalue weighted by atomic mass is 10.0. The largest absolute Gasteiger partial charge is 0.494 e. The van der Waals surface area contributed by atoms with Crippen molar-refractivity contribution in [1.82, 2.24) is 24.5 Å². The van der Waals surface area contributed by atoms with Crippen molar-refractivity contribution >= 4 is 50.5 Å². The van der Waals surface area contributed by atoms with Crippen LogP contribution in [0.1, 0.15) is 18.4 Å². The number of hydrogen-bond donors (Lipinski definition) is 3. The monoisotopic (exact) mass is 614 g/mol. The second kappa shape index (κ2) is 13.0. The van der Waals surface area contributed by atoms with Gasteiger partial charge in [-0.15, -0.1) is 0 Å². The molecule has 0 amide bonds. The molecule has 3 aromatic rings. The number of ether oxygens (including phenoxy) is 1. The lowest BCUT2D eigenvalue weighted by Crippen LogP contribution is -2.52. The van der Waals surface area contributed by atoms with E-state index >= 15 is 0 Å². The molecule has 2 aliphatic rings. The molecule has 0 unspecified atom stereocenters. The quantitative estimate of drug-likeness (QED) is 0.326. The maximum Gasteiger partial charge on any atom is 0.242 e. The molecule has 2 aromatic carbocycles. The molecule has 2 aliphatic heterocycles. The second-order valence-electron chi connectivity index (χ2n) is 10.7. The van der Waals surface area contributed by atoms with Crippen LogP contribution in [0, 0.1) is 6.92 Å². The minimum atomic E-state index is -3.70. The standard InChI is InChI=1S/C29H39ClN8O3S/c1-20-17-24(26(41-4)18-25(20)38-11-9-21(10-12-38)37-15-13-36(3)14-16-37)34-29-32-19-22(30)28(35-29)33-23-7-5-6-8-27(23)42(39,40)31-2/h5-8,17-19,21,31H,9-16H2,1-4H3,(H2,32,33,34,35). The molecule has 2 saturated heterocycles. The van der Waals surface area contributed by atoms with Crippen LogP contribution in [0.3, 0.4) is 0 Å². The third-order valence-electron chi connectivity index (χ3n) is 8.07. The first-order chi connectivity index (χ1) is 20.2. The molecule has 2 fully saturated rings. The third-order valence-corrected chi connectivity index (χ3v) is 9.82. The first-order valence-electron chi connectivity index (χ1n) is 14.1. The van der Waals surface area contributed by atoms with Gasteiger partial charge in [0.2, 0.25) is 16.0 Å². The molecule has 1 aromatic heterocycles. The Kier molecular flexibility index (Phi) is 9.38. The van der Waals surface area contributed by atoms with E-state index in [1.165, 1.54) is 19.3 Å². The zero-order chi connectivity index (χ0) is 29.9. The van der Waals surface area contributed by atoms with E-state index in [1.807, 2.05) is 6.07 Å². The fourth-order valence-electron chi connectivity index (χ4n) is 5.62. The van der Waals surface area contributed by atoms with Gasteiger partial charge in [0.1, 0.15) is 15.7 Å². The van der Waals surface area contributed by atoms with Gasteiger partial charge in [-0.25, -0.2) is 18.1 Å². The first-order valence-corrected chi connectivity index (χ1v) is 16.0. The third kappa shape index (κ3) is 6.73. The van der Waals surface area contributed by atoms with Gasteiger partial charge in [-0.05, 0) is 57.6 Å². The predicted molar refractivity (Wildman–Crippen MR) is 168 cm³/mol. The fraction of sp³-hybridized carbons (Fsp3) is 0.448. The predicted octanol–water partition coefficient (Wildman–Crippen LogP) is 4.06. The number of anilines is 5. The molecule has 0 aliphatic carbocycles. The lowest BCUT2D eigenvalue weighted by Gasteiger charge is -2.43. The molecule has 13 heteroatoms. The maximum atomic E-state index is 12.5. The molecular weight excluding hydrogens is 576 g/mol. The van der Waals surface area contributed by atoms with Crippen molar-refractivity contribution in [2.45, 2.75) is 30.7 Å². The Morgan fingerprint density at radius 2 is 1.71 bits per heavy atom. The van der Waals surface area contributed by atoms with E-state index in [0.717, 1.165) is 69.0 Å². The smallest absolute Gasteiger partial charge is 0.242 e. The number of halogens is 1. The Hall–Kier alpha value is -3.16. The highest BCUT2D eigenvalue weighted by molar-refractivity contribution is 7.89. The van der Waals surface area contributed by atoms with Crippen LogP contribution < -0.4 is 25.0 Å². The SMILES string of the molecule is CNS(=O)(=O)c1ccccc1Nc1nc(Nc2cc(C)c(N3CCC(N4CCN(C)CC4)CC3)cc2OC)ncc1Cl. The lowest BCUT2D eigenvalue weighted by molar-refractivity contribution is 0.0982. The van der Waals surface area contributed by atoms with Crippen LogP contribution in [0.4, 0.5) is 28.8 Å². The molecule has 0 atom stereocenters. The molecule has 0 saturated carbocycles. The highest BCUT2D eigenvalue weighted by atomic mass is 35.5. The van der Waals surface area contributed by atoms with E-state index in [-0.39, 0.29) is 21.7 Å². The number of piperidine rings is 1. The number of hydrogen-bond acceptors (Lipinski definition) is 10. The van der Waals surface area contributed by atoms with Crippen molar-refractivity contribution in [3.8, 4) is 5.75 Å². The average Bonchev–Trinajstić information content (AvgIpc) is 3.00. The number of rotatable bonds is 9. The van der Waals surface area contributed by atoms with Gasteiger partial charge in [0, 0.05) is 57.1 Å². The van der Waals surface area contributed by atoms with Crippen molar-refractivity contribution < 1.29 is 13.2 Å². The van der Waals surface area contributed by atoms with Crippen molar-refractivity contribution in [3.63, 3.8) is 0 Å². The van der Waals surface area contributed by atoms with E-state index in [0.29, 0.717) is 17.5 Å². The summed E-state index contributed by atoms with van der Waals surface area (Å²) in [5, 5.41) is 6.54. The highest BCUT2D eigenvalue weighted by Crippen LogP contribution is 2.37. The molecule has 0 bridgehead atoms. The highest BCUT2D eigenvalue weighted by Gasteiger charge is 2.28. The zero-order valence-corrected chi connectivity index (χ0v) is 26.1. The van der Waals surface area contributed by atoms with Crippen LogP contribution in [0.2, 0.25) is 5.02 Å². The van der Waals surface area contributed by atoms with Gasteiger partial charge in [0.25, 0.3) is 0 Å². The Bertz CT molecular complexity index is 1510. The van der Waals surface area contributed by atoms with Crippen molar-refractivity contribution in [2.75, 3.05) is 76.0 Å². The number of para-hydroxylation sites is 1. The van der Waals surface area contributed by atoms with Gasteiger partial charge < -0.3 is 25.2 Å². The topological polar surface area (TPSA) is 115 Å². The number of piperazine rings is 1. The fourth-order valence-corrected chi connectivity index (χ4v) is 6.65. The number of benzene rings is 2. The van der Waals surface area contributed by atoms with Crippen LogP contribution >= 0.6 is 11.6 Å². The summed E-state index contributed by atoms with van der Waals surface area (Å²) in [5.74, 6) is 1.23. The summed E-state index contributed by atoms with van der Waals surface area (Å²) < 4.78 is 33.1. The van der Waals surface area contributed by atoms with E-state index < -0.39 is 10.0 Å². The van der Waals surface area contributed by atoms with Crippen molar-refractivity contribution in [3.05, 3.63) is 53.2 Å². The minimum Gasteiger partial charge on any atom is -0.494 e. The molecule has 0 radical (unpaired) electrons. The minimum absolute atomic E-state index is 0.0807. The summed E-state index contributed by atoms with van der Waals surface area (Å²) in [6.45, 7) is 8.71. The van der Waals surface area contributed by atoms with E-state index in [4.69, 9.17) is 16.3 Å². The van der Waals surface area contributed by atoms with Crippen molar-refractivity contribution in [1.29, 1.82) is 0 Å². The zero-order valence-electron chi connectivity index (χ0n) is 24.5. The molecule has 3 N–H and O–H groups in total. The number of aromatic nitrogens is 2. The molecule has 226 valence electrons. The Morgan fingerprint density at radius 1 is 1.00 bits per heavy atom. The van der Waals surface area contributed by atoms with Gasteiger partial charge >= 0.3 is 0 Å².